The molecule has 2 unspecified atom stereocenters. The van der Waals surface area contributed by atoms with E-state index in [0.717, 1.165) is 5.56 Å². The Balaban J connectivity index is 1.88. The SMILES string of the molecule is CN=C(NCC(C)Oc1ccccc1OC)NCC(c1ccc(F)cc1)N(C)C. The van der Waals surface area contributed by atoms with Gasteiger partial charge in [0.2, 0.25) is 0 Å². The van der Waals surface area contributed by atoms with Crippen molar-refractivity contribution in [3.8, 4) is 11.5 Å². The fraction of sp³-hybridized carbons (Fsp3) is 0.409. The number of rotatable bonds is 9. The molecule has 0 aliphatic carbocycles. The molecule has 0 saturated carbocycles. The molecule has 0 saturated heterocycles. The number of benzene rings is 2. The lowest BCUT2D eigenvalue weighted by molar-refractivity contribution is 0.213. The highest BCUT2D eigenvalue weighted by Gasteiger charge is 2.15. The summed E-state index contributed by atoms with van der Waals surface area (Å²) in [6.07, 6.45) is -0.0911. The van der Waals surface area contributed by atoms with E-state index < -0.39 is 0 Å². The van der Waals surface area contributed by atoms with E-state index >= 15 is 0 Å². The molecule has 0 aliphatic heterocycles. The largest absolute Gasteiger partial charge is 0.493 e. The van der Waals surface area contributed by atoms with Crippen LogP contribution in [-0.4, -0.2) is 58.3 Å². The molecule has 6 nitrogen and oxygen atoms in total. The van der Waals surface area contributed by atoms with E-state index in [2.05, 4.69) is 20.5 Å². The zero-order chi connectivity index (χ0) is 21.2. The third-order valence-electron chi connectivity index (χ3n) is 4.52. The number of ether oxygens (including phenoxy) is 2. The first-order valence-electron chi connectivity index (χ1n) is 9.60. The highest BCUT2D eigenvalue weighted by atomic mass is 19.1. The third-order valence-corrected chi connectivity index (χ3v) is 4.52. The van der Waals surface area contributed by atoms with Crippen LogP contribution >= 0.6 is 0 Å². The van der Waals surface area contributed by atoms with Crippen LogP contribution in [0.3, 0.4) is 0 Å². The molecule has 29 heavy (non-hydrogen) atoms. The van der Waals surface area contributed by atoms with Gasteiger partial charge in [0.1, 0.15) is 11.9 Å². The molecule has 0 radical (unpaired) electrons. The Bertz CT molecular complexity index is 781. The van der Waals surface area contributed by atoms with Crippen LogP contribution in [-0.2, 0) is 0 Å². The molecule has 158 valence electrons. The lowest BCUT2D eigenvalue weighted by Crippen LogP contribution is -2.44. The molecule has 2 rings (SSSR count). The quantitative estimate of drug-likeness (QED) is 0.499. The Morgan fingerprint density at radius 2 is 1.66 bits per heavy atom. The Morgan fingerprint density at radius 3 is 2.24 bits per heavy atom. The lowest BCUT2D eigenvalue weighted by atomic mass is 10.1. The van der Waals surface area contributed by atoms with E-state index in [1.165, 1.54) is 12.1 Å². The number of likely N-dealkylation sites (N-methyl/N-ethyl adjacent to an activating group) is 1. The van der Waals surface area contributed by atoms with E-state index in [0.29, 0.717) is 30.5 Å². The normalized spacial score (nSPS) is 13.7. The molecule has 2 aromatic rings. The summed E-state index contributed by atoms with van der Waals surface area (Å²) < 4.78 is 24.5. The average molecular weight is 403 g/mol. The molecule has 2 atom stereocenters. The number of hydrogen-bond acceptors (Lipinski definition) is 4. The van der Waals surface area contributed by atoms with Crippen molar-refractivity contribution >= 4 is 5.96 Å². The van der Waals surface area contributed by atoms with Gasteiger partial charge in [0.25, 0.3) is 0 Å². The van der Waals surface area contributed by atoms with Gasteiger partial charge >= 0.3 is 0 Å². The van der Waals surface area contributed by atoms with Crippen LogP contribution in [0, 0.1) is 5.82 Å². The first kappa shape index (κ1) is 22.5. The van der Waals surface area contributed by atoms with Gasteiger partial charge in [-0.25, -0.2) is 4.39 Å². The smallest absolute Gasteiger partial charge is 0.191 e. The number of para-hydroxylation sites is 2. The van der Waals surface area contributed by atoms with E-state index in [1.54, 1.807) is 26.3 Å². The van der Waals surface area contributed by atoms with Crippen molar-refractivity contribution in [2.45, 2.75) is 19.1 Å². The number of nitrogens with one attached hydrogen (secondary N) is 2. The van der Waals surface area contributed by atoms with Gasteiger partial charge in [-0.1, -0.05) is 24.3 Å². The summed E-state index contributed by atoms with van der Waals surface area (Å²) in [5.41, 5.74) is 1.03. The van der Waals surface area contributed by atoms with Gasteiger partial charge in [-0.05, 0) is 50.8 Å². The van der Waals surface area contributed by atoms with Crippen LogP contribution in [0.15, 0.2) is 53.5 Å². The monoisotopic (exact) mass is 402 g/mol. The van der Waals surface area contributed by atoms with Gasteiger partial charge in [-0.3, -0.25) is 4.99 Å². The Morgan fingerprint density at radius 1 is 1.03 bits per heavy atom. The minimum absolute atomic E-state index is 0.0800. The van der Waals surface area contributed by atoms with Crippen LogP contribution in [0.4, 0.5) is 4.39 Å². The predicted octanol–water partition coefficient (Wildman–Crippen LogP) is 3.07. The van der Waals surface area contributed by atoms with Gasteiger partial charge in [-0.2, -0.15) is 0 Å². The number of methoxy groups -OCH3 is 1. The van der Waals surface area contributed by atoms with Crippen molar-refractivity contribution < 1.29 is 13.9 Å². The maximum atomic E-state index is 13.2. The maximum Gasteiger partial charge on any atom is 0.191 e. The molecule has 0 amide bonds. The second kappa shape index (κ2) is 11.3. The summed E-state index contributed by atoms with van der Waals surface area (Å²) in [6, 6.07) is 14.2. The Hall–Kier alpha value is -2.80. The van der Waals surface area contributed by atoms with Gasteiger partial charge in [0.15, 0.2) is 17.5 Å². The lowest BCUT2D eigenvalue weighted by Gasteiger charge is -2.26. The van der Waals surface area contributed by atoms with Crippen molar-refractivity contribution in [3.05, 3.63) is 59.9 Å². The highest BCUT2D eigenvalue weighted by molar-refractivity contribution is 5.79. The minimum atomic E-state index is -0.235. The van der Waals surface area contributed by atoms with Crippen LogP contribution in [0.5, 0.6) is 11.5 Å². The predicted molar refractivity (Wildman–Crippen MR) is 115 cm³/mol. The van der Waals surface area contributed by atoms with Gasteiger partial charge in [0.05, 0.1) is 19.7 Å². The molecular weight excluding hydrogens is 371 g/mol. The van der Waals surface area contributed by atoms with Gasteiger partial charge < -0.3 is 25.0 Å². The molecule has 0 fully saturated rings. The van der Waals surface area contributed by atoms with Crippen LogP contribution < -0.4 is 20.1 Å². The standard InChI is InChI=1S/C22H31FN4O2/c1-16(29-21-9-7-6-8-20(21)28-5)14-25-22(24-2)26-15-19(27(3)4)17-10-12-18(23)13-11-17/h6-13,16,19H,14-15H2,1-5H3,(H2,24,25,26). The number of aliphatic imine (C=N–C) groups is 1. The van der Waals surface area contributed by atoms with Crippen molar-refractivity contribution in [2.24, 2.45) is 4.99 Å². The second-order valence-electron chi connectivity index (χ2n) is 6.94. The molecular formula is C22H31FN4O2. The Kier molecular flexibility index (Phi) is 8.73. The van der Waals surface area contributed by atoms with Crippen molar-refractivity contribution in [3.63, 3.8) is 0 Å². The van der Waals surface area contributed by atoms with Gasteiger partial charge in [0, 0.05) is 13.6 Å². The van der Waals surface area contributed by atoms with Crippen molar-refractivity contribution in [1.82, 2.24) is 15.5 Å². The first-order chi connectivity index (χ1) is 13.9. The molecule has 0 aromatic heterocycles. The van der Waals surface area contributed by atoms with E-state index in [4.69, 9.17) is 9.47 Å². The fourth-order valence-corrected chi connectivity index (χ4v) is 2.91. The number of nitrogens with zero attached hydrogens (tertiary/aromatic N) is 2. The summed E-state index contributed by atoms with van der Waals surface area (Å²) in [6.45, 7) is 3.18. The molecule has 0 spiro atoms. The maximum absolute atomic E-state index is 13.2. The second-order valence-corrected chi connectivity index (χ2v) is 6.94. The zero-order valence-electron chi connectivity index (χ0n) is 17.8. The topological polar surface area (TPSA) is 58.1 Å². The van der Waals surface area contributed by atoms with E-state index in [1.807, 2.05) is 45.3 Å². The number of hydrogen-bond donors (Lipinski definition) is 2. The van der Waals surface area contributed by atoms with Crippen LogP contribution in [0.2, 0.25) is 0 Å². The van der Waals surface area contributed by atoms with Crippen molar-refractivity contribution in [2.75, 3.05) is 41.3 Å². The first-order valence-corrected chi connectivity index (χ1v) is 9.60. The van der Waals surface area contributed by atoms with Gasteiger partial charge in [-0.15, -0.1) is 0 Å². The molecule has 0 aliphatic rings. The summed E-state index contributed by atoms with van der Waals surface area (Å²) in [7, 11) is 7.34. The summed E-state index contributed by atoms with van der Waals surface area (Å²) in [5, 5.41) is 6.61. The zero-order valence-corrected chi connectivity index (χ0v) is 17.8. The Labute approximate surface area is 172 Å². The molecule has 0 bridgehead atoms. The average Bonchev–Trinajstić information content (AvgIpc) is 2.71. The van der Waals surface area contributed by atoms with Crippen LogP contribution in [0.25, 0.3) is 0 Å². The summed E-state index contributed by atoms with van der Waals surface area (Å²) in [4.78, 5) is 6.36. The van der Waals surface area contributed by atoms with E-state index in [9.17, 15) is 4.39 Å². The van der Waals surface area contributed by atoms with Crippen LogP contribution in [0.1, 0.15) is 18.5 Å². The number of guanidine groups is 1. The number of halogens is 1. The summed E-state index contributed by atoms with van der Waals surface area (Å²) in [5.74, 6) is 1.85. The minimum Gasteiger partial charge on any atom is -0.493 e. The summed E-state index contributed by atoms with van der Waals surface area (Å²) >= 11 is 0. The fourth-order valence-electron chi connectivity index (χ4n) is 2.91. The molecule has 2 aromatic carbocycles. The van der Waals surface area contributed by atoms with E-state index in [-0.39, 0.29) is 18.0 Å². The molecule has 7 heteroatoms. The highest BCUT2D eigenvalue weighted by Crippen LogP contribution is 2.26. The molecule has 2 N–H and O–H groups in total. The third kappa shape index (κ3) is 6.94. The molecule has 0 heterocycles. The van der Waals surface area contributed by atoms with Crippen molar-refractivity contribution in [1.29, 1.82) is 0 Å².